The summed E-state index contributed by atoms with van der Waals surface area (Å²) in [6, 6.07) is 30.2. The van der Waals surface area contributed by atoms with Gasteiger partial charge in [-0.25, -0.2) is 9.98 Å². The first-order valence-corrected chi connectivity index (χ1v) is 19.8. The number of hydrogen-bond acceptors (Lipinski definition) is 4. The van der Waals surface area contributed by atoms with Crippen LogP contribution in [0.5, 0.6) is 23.0 Å². The van der Waals surface area contributed by atoms with Crippen LogP contribution in [0.3, 0.4) is 0 Å². The number of benzene rings is 5. The molecule has 0 aliphatic carbocycles. The lowest BCUT2D eigenvalue weighted by Crippen LogP contribution is -2.18. The van der Waals surface area contributed by atoms with Gasteiger partial charge in [-0.15, -0.1) is 0 Å². The van der Waals surface area contributed by atoms with Crippen LogP contribution in [0.1, 0.15) is 90.9 Å². The molecule has 0 fully saturated rings. The molecular formula is C46H48N4O2. The van der Waals surface area contributed by atoms with Crippen LogP contribution in [0.2, 0.25) is 0 Å². The standard InChI is InChI=1S/C46H48N4O2/c1-3-5-7-9-11-17-23-49-39-21-15-13-19-31(39)33-25-35-45(29-41(33)49)51-43-27-38-44(28-37(43)47-35)52-46-30-42-34(26-36(46)48-38)32-20-14-16-22-40(32)50(42)24-18-12-10-8-6-4-2/h13-16,19-22,25-30H,3-12,17-18,23-24H2,1-2H3. The topological polar surface area (TPSA) is 53.0 Å². The third-order valence-electron chi connectivity index (χ3n) is 11.1. The Balaban J connectivity index is 1.05. The fourth-order valence-corrected chi connectivity index (χ4v) is 8.42. The van der Waals surface area contributed by atoms with Crippen molar-refractivity contribution < 1.29 is 9.47 Å². The Morgan fingerprint density at radius 2 is 0.846 bits per heavy atom. The minimum absolute atomic E-state index is 0.705. The van der Waals surface area contributed by atoms with E-state index in [1.807, 2.05) is 12.1 Å². The van der Waals surface area contributed by atoms with E-state index in [0.717, 1.165) is 46.7 Å². The van der Waals surface area contributed by atoms with E-state index in [0.29, 0.717) is 11.5 Å². The highest BCUT2D eigenvalue weighted by atomic mass is 16.5. The van der Waals surface area contributed by atoms with Gasteiger partial charge in [0.05, 0.1) is 11.0 Å². The molecule has 6 heteroatoms. The van der Waals surface area contributed by atoms with E-state index >= 15 is 0 Å². The van der Waals surface area contributed by atoms with Gasteiger partial charge in [-0.05, 0) is 37.1 Å². The van der Waals surface area contributed by atoms with Gasteiger partial charge in [0.2, 0.25) is 0 Å². The first kappa shape index (κ1) is 32.8. The van der Waals surface area contributed by atoms with E-state index < -0.39 is 0 Å². The Labute approximate surface area is 305 Å². The lowest BCUT2D eigenvalue weighted by Gasteiger charge is -2.19. The maximum atomic E-state index is 6.63. The molecule has 0 unspecified atom stereocenters. The monoisotopic (exact) mass is 688 g/mol. The van der Waals surface area contributed by atoms with Gasteiger partial charge in [-0.2, -0.15) is 0 Å². The Morgan fingerprint density at radius 3 is 1.31 bits per heavy atom. The van der Waals surface area contributed by atoms with Crippen LogP contribution in [0, 0.1) is 0 Å². The van der Waals surface area contributed by atoms with Gasteiger partial charge in [0.15, 0.2) is 23.0 Å². The Hall–Kier alpha value is -5.10. The SMILES string of the molecule is CCCCCCCCn1c2ccccc2c2cc3c(cc21)Oc1cc2c(cc1=N3)Oc1cc3c(cc1N=2)c1ccccc1n3CCCCCCCC. The molecular weight excluding hydrogens is 641 g/mol. The molecule has 264 valence electrons. The Bertz CT molecular complexity index is 2400. The van der Waals surface area contributed by atoms with Crippen LogP contribution in [0.4, 0.5) is 11.4 Å². The van der Waals surface area contributed by atoms with Crippen molar-refractivity contribution in [1.29, 1.82) is 0 Å². The highest BCUT2D eigenvalue weighted by Gasteiger charge is 2.23. The number of para-hydroxylation sites is 2. The van der Waals surface area contributed by atoms with Crippen LogP contribution in [-0.2, 0) is 13.1 Å². The smallest absolute Gasteiger partial charge is 0.155 e. The summed E-state index contributed by atoms with van der Waals surface area (Å²) in [5.41, 5.74) is 6.63. The maximum Gasteiger partial charge on any atom is 0.155 e. The number of unbranched alkanes of at least 4 members (excludes halogenated alkanes) is 10. The van der Waals surface area contributed by atoms with E-state index in [1.54, 1.807) is 0 Å². The number of ether oxygens (including phenoxy) is 2. The van der Waals surface area contributed by atoms with E-state index in [9.17, 15) is 0 Å². The lowest BCUT2D eigenvalue weighted by atomic mass is 10.1. The average molecular weight is 689 g/mol. The summed E-state index contributed by atoms with van der Waals surface area (Å²) < 4.78 is 18.2. The van der Waals surface area contributed by atoms with E-state index in [-0.39, 0.29) is 0 Å². The van der Waals surface area contributed by atoms with Crippen LogP contribution < -0.4 is 20.2 Å². The van der Waals surface area contributed by atoms with Gasteiger partial charge >= 0.3 is 0 Å². The largest absolute Gasteiger partial charge is 0.453 e. The summed E-state index contributed by atoms with van der Waals surface area (Å²) in [5.74, 6) is 2.97. The molecule has 6 nitrogen and oxygen atoms in total. The molecule has 2 aliphatic heterocycles. The third-order valence-corrected chi connectivity index (χ3v) is 11.1. The minimum Gasteiger partial charge on any atom is -0.453 e. The number of rotatable bonds is 14. The average Bonchev–Trinajstić information content (AvgIpc) is 3.64. The molecule has 9 rings (SSSR count). The molecule has 0 saturated heterocycles. The van der Waals surface area contributed by atoms with Gasteiger partial charge in [0.25, 0.3) is 0 Å². The van der Waals surface area contributed by atoms with Crippen molar-refractivity contribution in [3.8, 4) is 23.0 Å². The van der Waals surface area contributed by atoms with Crippen molar-refractivity contribution in [3.05, 3.63) is 95.6 Å². The van der Waals surface area contributed by atoms with Gasteiger partial charge in [0, 0.05) is 69.9 Å². The molecule has 5 aromatic carbocycles. The number of hydrogen-bond donors (Lipinski definition) is 0. The molecule has 0 atom stereocenters. The molecule has 0 N–H and O–H groups in total. The zero-order valence-corrected chi connectivity index (χ0v) is 30.6. The first-order chi connectivity index (χ1) is 25.7. The lowest BCUT2D eigenvalue weighted by molar-refractivity contribution is 0.451. The minimum atomic E-state index is 0.705. The van der Waals surface area contributed by atoms with E-state index in [4.69, 9.17) is 19.5 Å². The fraction of sp³-hybridized carbons (Fsp3) is 0.348. The summed E-state index contributed by atoms with van der Waals surface area (Å²) >= 11 is 0. The molecule has 52 heavy (non-hydrogen) atoms. The molecule has 0 radical (unpaired) electrons. The van der Waals surface area contributed by atoms with Crippen molar-refractivity contribution in [2.45, 2.75) is 104 Å². The van der Waals surface area contributed by atoms with E-state index in [2.05, 4.69) is 95.8 Å². The van der Waals surface area contributed by atoms with Crippen LogP contribution in [0.15, 0.2) is 94.9 Å². The summed E-state index contributed by atoms with van der Waals surface area (Å²) in [6.45, 7) is 6.54. The summed E-state index contributed by atoms with van der Waals surface area (Å²) in [5, 5.41) is 6.48. The van der Waals surface area contributed by atoms with Gasteiger partial charge < -0.3 is 18.6 Å². The summed E-state index contributed by atoms with van der Waals surface area (Å²) in [6.07, 6.45) is 15.3. The second kappa shape index (κ2) is 14.1. The molecule has 4 heterocycles. The molecule has 2 aliphatic rings. The fourth-order valence-electron chi connectivity index (χ4n) is 8.42. The molecule has 0 saturated carbocycles. The highest BCUT2D eigenvalue weighted by Crippen LogP contribution is 2.43. The van der Waals surface area contributed by atoms with Crippen molar-refractivity contribution >= 4 is 55.0 Å². The number of fused-ring (bicyclic) bond motifs is 10. The van der Waals surface area contributed by atoms with Gasteiger partial charge in [-0.3, -0.25) is 0 Å². The zero-order valence-electron chi connectivity index (χ0n) is 30.6. The second-order valence-electron chi connectivity index (χ2n) is 14.8. The molecule has 0 bridgehead atoms. The van der Waals surface area contributed by atoms with E-state index in [1.165, 1.54) is 121 Å². The quantitative estimate of drug-likeness (QED) is 0.107. The van der Waals surface area contributed by atoms with Crippen LogP contribution in [-0.4, -0.2) is 9.13 Å². The van der Waals surface area contributed by atoms with Gasteiger partial charge in [0.1, 0.15) is 22.1 Å². The molecule has 2 aromatic heterocycles. The number of nitrogens with zero attached hydrogens (tertiary/aromatic N) is 4. The van der Waals surface area contributed by atoms with Crippen molar-refractivity contribution in [2.75, 3.05) is 0 Å². The summed E-state index contributed by atoms with van der Waals surface area (Å²) in [4.78, 5) is 10.3. The number of aromatic nitrogens is 2. The number of aryl methyl sites for hydroxylation is 2. The van der Waals surface area contributed by atoms with Crippen molar-refractivity contribution in [3.63, 3.8) is 0 Å². The highest BCUT2D eigenvalue weighted by molar-refractivity contribution is 6.10. The summed E-state index contributed by atoms with van der Waals surface area (Å²) in [7, 11) is 0. The van der Waals surface area contributed by atoms with Crippen LogP contribution in [0.25, 0.3) is 43.6 Å². The Morgan fingerprint density at radius 1 is 0.423 bits per heavy atom. The maximum absolute atomic E-state index is 6.63. The predicted octanol–water partition coefficient (Wildman–Crippen LogP) is 12.7. The van der Waals surface area contributed by atoms with Crippen molar-refractivity contribution in [1.82, 2.24) is 9.13 Å². The first-order valence-electron chi connectivity index (χ1n) is 19.8. The molecule has 0 amide bonds. The van der Waals surface area contributed by atoms with Crippen molar-refractivity contribution in [2.24, 2.45) is 9.98 Å². The van der Waals surface area contributed by atoms with Gasteiger partial charge in [-0.1, -0.05) is 114 Å². The van der Waals surface area contributed by atoms with Crippen LogP contribution >= 0.6 is 0 Å². The molecule has 7 aromatic rings. The predicted molar refractivity (Wildman–Crippen MR) is 214 cm³/mol. The Kier molecular flexibility index (Phi) is 8.91. The second-order valence-corrected chi connectivity index (χ2v) is 14.8. The third kappa shape index (κ3) is 5.92. The molecule has 0 spiro atoms. The normalized spacial score (nSPS) is 13.0. The zero-order chi connectivity index (χ0) is 35.0.